The zero-order chi connectivity index (χ0) is 25.6. The number of halogens is 4. The van der Waals surface area contributed by atoms with Crippen molar-refractivity contribution in [3.05, 3.63) is 82.5 Å². The Hall–Kier alpha value is -4.38. The Morgan fingerprint density at radius 2 is 1.69 bits per heavy atom. The molecule has 8 nitrogen and oxygen atoms in total. The third-order valence-electron chi connectivity index (χ3n) is 5.58. The number of aromatic nitrogens is 5. The van der Waals surface area contributed by atoms with Crippen LogP contribution in [0.15, 0.2) is 48.8 Å². The van der Waals surface area contributed by atoms with E-state index in [0.717, 1.165) is 12.1 Å². The highest BCUT2D eigenvalue weighted by molar-refractivity contribution is 6.31. The molecular formula is C24H17ClF3N7O. The van der Waals surface area contributed by atoms with E-state index in [-0.39, 0.29) is 29.7 Å². The zero-order valence-electron chi connectivity index (χ0n) is 18.6. The minimum absolute atomic E-state index is 0.0170. The number of fused-ring (bicyclic) bond motifs is 1. The summed E-state index contributed by atoms with van der Waals surface area (Å²) in [6.45, 7) is 0. The van der Waals surface area contributed by atoms with Crippen LogP contribution in [0.4, 0.5) is 24.8 Å². The van der Waals surface area contributed by atoms with Crippen molar-refractivity contribution in [1.29, 1.82) is 0 Å². The summed E-state index contributed by atoms with van der Waals surface area (Å²) in [7, 11) is 1.50. The number of nitrogen functional groups attached to an aromatic ring is 2. The average Bonchev–Trinajstić information content (AvgIpc) is 3.21. The number of anilines is 2. The van der Waals surface area contributed by atoms with Crippen LogP contribution >= 0.6 is 11.6 Å². The Labute approximate surface area is 207 Å². The van der Waals surface area contributed by atoms with Gasteiger partial charge in [0.25, 0.3) is 5.95 Å². The molecule has 0 bridgehead atoms. The van der Waals surface area contributed by atoms with Crippen molar-refractivity contribution in [3.8, 4) is 22.8 Å². The Kier molecular flexibility index (Phi) is 5.84. The first-order valence-corrected chi connectivity index (χ1v) is 10.9. The third-order valence-corrected chi connectivity index (χ3v) is 5.82. The highest BCUT2D eigenvalue weighted by Gasteiger charge is 2.21. The molecule has 0 saturated heterocycles. The summed E-state index contributed by atoms with van der Waals surface area (Å²) < 4.78 is 49.0. The van der Waals surface area contributed by atoms with Crippen LogP contribution in [0.1, 0.15) is 11.3 Å². The molecule has 0 aliphatic heterocycles. The lowest BCUT2D eigenvalue weighted by molar-refractivity contribution is 0.413. The summed E-state index contributed by atoms with van der Waals surface area (Å²) in [5.41, 5.74) is 13.6. The normalized spacial score (nSPS) is 11.2. The lowest BCUT2D eigenvalue weighted by Crippen LogP contribution is -2.10. The van der Waals surface area contributed by atoms with Crippen molar-refractivity contribution >= 4 is 34.1 Å². The molecule has 5 rings (SSSR count). The van der Waals surface area contributed by atoms with E-state index in [4.69, 9.17) is 27.8 Å². The van der Waals surface area contributed by atoms with Crippen LogP contribution in [-0.2, 0) is 6.42 Å². The SMILES string of the molecule is COc1cncc(-c2c(N)nc(-n3nc(Cc4c(F)ccc(F)c4F)c4cc(Cl)ccc43)nc2N)c1. The maximum absolute atomic E-state index is 14.4. The molecule has 3 aromatic heterocycles. The number of benzene rings is 2. The molecule has 182 valence electrons. The number of nitrogens with zero attached hydrogens (tertiary/aromatic N) is 5. The fourth-order valence-electron chi connectivity index (χ4n) is 3.88. The summed E-state index contributed by atoms with van der Waals surface area (Å²) in [5.74, 6) is -2.75. The first kappa shape index (κ1) is 23.4. The molecule has 0 unspecified atom stereocenters. The monoisotopic (exact) mass is 511 g/mol. The fraction of sp³-hybridized carbons (Fsp3) is 0.0833. The fourth-order valence-corrected chi connectivity index (χ4v) is 4.05. The molecule has 0 radical (unpaired) electrons. The van der Waals surface area contributed by atoms with Gasteiger partial charge in [-0.05, 0) is 36.4 Å². The first-order valence-electron chi connectivity index (χ1n) is 10.5. The molecule has 0 fully saturated rings. The van der Waals surface area contributed by atoms with Gasteiger partial charge in [-0.1, -0.05) is 11.6 Å². The van der Waals surface area contributed by atoms with Gasteiger partial charge >= 0.3 is 0 Å². The molecule has 0 spiro atoms. The van der Waals surface area contributed by atoms with Gasteiger partial charge in [0.1, 0.15) is 23.2 Å². The van der Waals surface area contributed by atoms with Crippen molar-refractivity contribution < 1.29 is 17.9 Å². The van der Waals surface area contributed by atoms with Gasteiger partial charge in [0.2, 0.25) is 0 Å². The van der Waals surface area contributed by atoms with E-state index in [1.165, 1.54) is 18.0 Å². The highest BCUT2D eigenvalue weighted by atomic mass is 35.5. The van der Waals surface area contributed by atoms with Gasteiger partial charge in [-0.15, -0.1) is 0 Å². The molecule has 12 heteroatoms. The molecule has 4 N–H and O–H groups in total. The Balaban J connectivity index is 1.65. The second-order valence-electron chi connectivity index (χ2n) is 7.80. The van der Waals surface area contributed by atoms with E-state index in [1.54, 1.807) is 30.5 Å². The van der Waals surface area contributed by atoms with E-state index < -0.39 is 23.0 Å². The smallest absolute Gasteiger partial charge is 0.255 e. The number of hydrogen-bond donors (Lipinski definition) is 2. The molecule has 0 saturated carbocycles. The standard InChI is InChI=1S/C24H17ClF3N7O/c1-36-13-6-11(9-31-10-13)20-22(29)32-24(33-23(20)30)35-19-5-2-12(25)7-15(19)18(34-35)8-14-16(26)3-4-17(27)21(14)28/h2-7,9-10H,8H2,1H3,(H4,29,30,32,33). The predicted molar refractivity (Wildman–Crippen MR) is 129 cm³/mol. The van der Waals surface area contributed by atoms with Gasteiger partial charge in [-0.25, -0.2) is 13.2 Å². The minimum atomic E-state index is -1.29. The summed E-state index contributed by atoms with van der Waals surface area (Å²) >= 11 is 6.17. The van der Waals surface area contributed by atoms with Gasteiger partial charge in [0, 0.05) is 34.2 Å². The van der Waals surface area contributed by atoms with E-state index >= 15 is 0 Å². The Morgan fingerprint density at radius 3 is 2.42 bits per heavy atom. The number of hydrogen-bond acceptors (Lipinski definition) is 7. The number of pyridine rings is 1. The highest BCUT2D eigenvalue weighted by Crippen LogP contribution is 2.33. The van der Waals surface area contributed by atoms with Crippen LogP contribution in [-0.4, -0.2) is 31.8 Å². The van der Waals surface area contributed by atoms with Crippen LogP contribution in [0.25, 0.3) is 28.0 Å². The van der Waals surface area contributed by atoms with Gasteiger partial charge in [0.15, 0.2) is 11.6 Å². The van der Waals surface area contributed by atoms with Crippen LogP contribution < -0.4 is 16.2 Å². The van der Waals surface area contributed by atoms with Crippen molar-refractivity contribution in [3.63, 3.8) is 0 Å². The van der Waals surface area contributed by atoms with E-state index in [0.29, 0.717) is 32.8 Å². The van der Waals surface area contributed by atoms with E-state index in [1.807, 2.05) is 0 Å². The van der Waals surface area contributed by atoms with Gasteiger partial charge in [-0.2, -0.15) is 19.7 Å². The largest absolute Gasteiger partial charge is 0.495 e. The minimum Gasteiger partial charge on any atom is -0.495 e. The predicted octanol–water partition coefficient (Wildman–Crippen LogP) is 4.71. The molecule has 0 atom stereocenters. The van der Waals surface area contributed by atoms with Gasteiger partial charge in [-0.3, -0.25) is 4.98 Å². The molecule has 3 heterocycles. The summed E-state index contributed by atoms with van der Waals surface area (Å²) in [5, 5.41) is 5.28. The average molecular weight is 512 g/mol. The molecular weight excluding hydrogens is 495 g/mol. The lowest BCUT2D eigenvalue weighted by Gasteiger charge is -2.11. The van der Waals surface area contributed by atoms with Crippen LogP contribution in [0, 0.1) is 17.5 Å². The lowest BCUT2D eigenvalue weighted by atomic mass is 10.1. The van der Waals surface area contributed by atoms with Crippen molar-refractivity contribution in [2.45, 2.75) is 6.42 Å². The number of methoxy groups -OCH3 is 1. The number of nitrogens with two attached hydrogens (primary N) is 2. The summed E-state index contributed by atoms with van der Waals surface area (Å²) in [6, 6.07) is 8.09. The number of rotatable bonds is 5. The topological polar surface area (TPSA) is 118 Å². The second-order valence-corrected chi connectivity index (χ2v) is 8.24. The van der Waals surface area contributed by atoms with Crippen molar-refractivity contribution in [1.82, 2.24) is 24.7 Å². The molecule has 2 aromatic carbocycles. The van der Waals surface area contributed by atoms with E-state index in [9.17, 15) is 13.2 Å². The molecule has 36 heavy (non-hydrogen) atoms. The van der Waals surface area contributed by atoms with Crippen LogP contribution in [0.3, 0.4) is 0 Å². The van der Waals surface area contributed by atoms with Gasteiger partial charge < -0.3 is 16.2 Å². The quantitative estimate of drug-likeness (QED) is 0.328. The number of ether oxygens (including phenoxy) is 1. The zero-order valence-corrected chi connectivity index (χ0v) is 19.4. The van der Waals surface area contributed by atoms with Gasteiger partial charge in [0.05, 0.1) is 30.1 Å². The second kappa shape index (κ2) is 9.00. The molecule has 5 aromatic rings. The summed E-state index contributed by atoms with van der Waals surface area (Å²) in [4.78, 5) is 12.8. The maximum atomic E-state index is 14.4. The van der Waals surface area contributed by atoms with Crippen molar-refractivity contribution in [2.75, 3.05) is 18.6 Å². The molecule has 0 amide bonds. The van der Waals surface area contributed by atoms with E-state index in [2.05, 4.69) is 20.1 Å². The molecule has 0 aliphatic rings. The van der Waals surface area contributed by atoms with Crippen molar-refractivity contribution in [2.24, 2.45) is 0 Å². The Morgan fingerprint density at radius 1 is 0.972 bits per heavy atom. The Bertz CT molecular complexity index is 1620. The summed E-state index contributed by atoms with van der Waals surface area (Å²) in [6.07, 6.45) is 2.72. The third kappa shape index (κ3) is 4.03. The van der Waals surface area contributed by atoms with Crippen LogP contribution in [0.5, 0.6) is 5.75 Å². The maximum Gasteiger partial charge on any atom is 0.255 e. The first-order chi connectivity index (χ1) is 17.3. The van der Waals surface area contributed by atoms with Crippen LogP contribution in [0.2, 0.25) is 5.02 Å². The molecule has 0 aliphatic carbocycles.